The lowest BCUT2D eigenvalue weighted by Crippen LogP contribution is -2.57. The molecule has 10 nitrogen and oxygen atoms in total. The number of anilines is 2. The Kier molecular flexibility index (Phi) is 7.82. The van der Waals surface area contributed by atoms with Gasteiger partial charge >= 0.3 is 24.5 Å². The third-order valence-corrected chi connectivity index (χ3v) is 7.23. The van der Waals surface area contributed by atoms with Gasteiger partial charge < -0.3 is 20.1 Å². The summed E-state index contributed by atoms with van der Waals surface area (Å²) in [4.78, 5) is 28.1. The van der Waals surface area contributed by atoms with Crippen molar-refractivity contribution in [1.82, 2.24) is 19.9 Å². The van der Waals surface area contributed by atoms with Crippen LogP contribution in [0.25, 0.3) is 22.2 Å². The standard InChI is InChI=1S/C28H26F7N7O3/c1-26(2,3)45-25(43)42-14-4-5-15(42)11-41(10-14)23-18-9-38-21(16-6-13(37)7-19(17(16)8-36)28(33,34)35)20(29)22(18)39-24(40-23)44-12-27(30,31)32/h6-7,9,14-15H,4-5,10-12,37H2,1-3H3/t14-,15+. The van der Waals surface area contributed by atoms with Gasteiger partial charge in [-0.2, -0.15) is 41.6 Å². The number of ether oxygens (including phenoxy) is 2. The molecule has 1 amide bonds. The lowest BCUT2D eigenvalue weighted by atomic mass is 9.97. The quantitative estimate of drug-likeness (QED) is 0.276. The molecule has 2 bridgehead atoms. The first-order valence-corrected chi connectivity index (χ1v) is 13.6. The maximum Gasteiger partial charge on any atom is 0.422 e. The van der Waals surface area contributed by atoms with E-state index in [4.69, 9.17) is 15.2 Å². The highest BCUT2D eigenvalue weighted by atomic mass is 19.4. The monoisotopic (exact) mass is 641 g/mol. The van der Waals surface area contributed by atoms with Crippen molar-refractivity contribution in [3.05, 3.63) is 35.3 Å². The van der Waals surface area contributed by atoms with Gasteiger partial charge in [0, 0.05) is 30.5 Å². The zero-order chi connectivity index (χ0) is 33.1. The summed E-state index contributed by atoms with van der Waals surface area (Å²) in [5.74, 6) is -1.39. The molecule has 2 aromatic heterocycles. The van der Waals surface area contributed by atoms with Gasteiger partial charge in [0.1, 0.15) is 28.7 Å². The number of fused-ring (bicyclic) bond motifs is 3. The summed E-state index contributed by atoms with van der Waals surface area (Å²) >= 11 is 0. The molecule has 45 heavy (non-hydrogen) atoms. The summed E-state index contributed by atoms with van der Waals surface area (Å²) in [6.07, 6.45) is -8.11. The lowest BCUT2D eigenvalue weighted by Gasteiger charge is -2.42. The minimum atomic E-state index is -5.02. The van der Waals surface area contributed by atoms with Gasteiger partial charge in [-0.1, -0.05) is 0 Å². The van der Waals surface area contributed by atoms with Crippen molar-refractivity contribution < 1.29 is 45.0 Å². The highest BCUT2D eigenvalue weighted by Crippen LogP contribution is 2.41. The first-order chi connectivity index (χ1) is 20.9. The molecule has 2 atom stereocenters. The number of piperazine rings is 1. The minimum absolute atomic E-state index is 0.0556. The van der Waals surface area contributed by atoms with Crippen LogP contribution in [0, 0.1) is 17.1 Å². The summed E-state index contributed by atoms with van der Waals surface area (Å²) in [5, 5.41) is 9.48. The van der Waals surface area contributed by atoms with E-state index in [0.29, 0.717) is 18.9 Å². The van der Waals surface area contributed by atoms with E-state index in [0.717, 1.165) is 12.3 Å². The van der Waals surface area contributed by atoms with E-state index < -0.39 is 76.1 Å². The SMILES string of the molecule is CC(C)(C)OC(=O)N1[C@@H]2CC[C@H]1CN(c1nc(OCC(F)(F)F)nc3c(F)c(-c4cc(N)cc(C(F)(F)F)c4C#N)ncc13)C2. The molecule has 2 saturated heterocycles. The number of hydrogen-bond acceptors (Lipinski definition) is 9. The lowest BCUT2D eigenvalue weighted by molar-refractivity contribution is -0.154. The van der Waals surface area contributed by atoms with Crippen molar-refractivity contribution >= 4 is 28.5 Å². The number of carbonyl (C=O) groups excluding carboxylic acids is 1. The van der Waals surface area contributed by atoms with E-state index in [1.165, 1.54) is 6.07 Å². The number of nitrogen functional groups attached to an aromatic ring is 1. The Bertz CT molecular complexity index is 1690. The van der Waals surface area contributed by atoms with Crippen molar-refractivity contribution in [2.24, 2.45) is 0 Å². The van der Waals surface area contributed by atoms with Gasteiger partial charge in [0.05, 0.1) is 28.6 Å². The number of benzene rings is 1. The van der Waals surface area contributed by atoms with Crippen molar-refractivity contribution in [2.75, 3.05) is 30.3 Å². The molecule has 0 radical (unpaired) electrons. The summed E-state index contributed by atoms with van der Waals surface area (Å²) in [7, 11) is 0. The Hall–Kier alpha value is -4.62. The van der Waals surface area contributed by atoms with Crippen LogP contribution in [0.2, 0.25) is 0 Å². The smallest absolute Gasteiger partial charge is 0.422 e. The number of aromatic nitrogens is 3. The largest absolute Gasteiger partial charge is 0.454 e. The van der Waals surface area contributed by atoms with Gasteiger partial charge in [-0.15, -0.1) is 0 Å². The average Bonchev–Trinajstić information content (AvgIpc) is 3.19. The molecule has 0 spiro atoms. The van der Waals surface area contributed by atoms with Crippen LogP contribution < -0.4 is 15.4 Å². The molecule has 1 aromatic carbocycles. The predicted molar refractivity (Wildman–Crippen MR) is 146 cm³/mol. The fourth-order valence-corrected chi connectivity index (χ4v) is 5.55. The average molecular weight is 642 g/mol. The molecule has 0 aliphatic carbocycles. The second-order valence-electron chi connectivity index (χ2n) is 11.7. The van der Waals surface area contributed by atoms with Gasteiger partial charge in [-0.05, 0) is 45.7 Å². The molecule has 3 aromatic rings. The van der Waals surface area contributed by atoms with E-state index in [-0.39, 0.29) is 36.4 Å². The van der Waals surface area contributed by atoms with E-state index in [1.807, 2.05) is 0 Å². The van der Waals surface area contributed by atoms with E-state index in [2.05, 4.69) is 15.0 Å². The minimum Gasteiger partial charge on any atom is -0.454 e. The summed E-state index contributed by atoms with van der Waals surface area (Å²) in [5.41, 5.74) is 0.146. The number of rotatable bonds is 4. The van der Waals surface area contributed by atoms with Crippen molar-refractivity contribution in [1.29, 1.82) is 5.26 Å². The molecular weight excluding hydrogens is 615 g/mol. The number of nitrogens with zero attached hydrogens (tertiary/aromatic N) is 6. The van der Waals surface area contributed by atoms with Gasteiger partial charge in [0.15, 0.2) is 12.4 Å². The normalized spacial score (nSPS) is 18.7. The Balaban J connectivity index is 1.62. The van der Waals surface area contributed by atoms with E-state index in [1.54, 1.807) is 30.6 Å². The Morgan fingerprint density at radius 3 is 2.29 bits per heavy atom. The number of amides is 1. The summed E-state index contributed by atoms with van der Waals surface area (Å²) < 4.78 is 107. The van der Waals surface area contributed by atoms with Gasteiger partial charge in [-0.25, -0.2) is 9.18 Å². The molecule has 17 heteroatoms. The Morgan fingerprint density at radius 1 is 1.09 bits per heavy atom. The van der Waals surface area contributed by atoms with Gasteiger partial charge in [-0.3, -0.25) is 9.88 Å². The van der Waals surface area contributed by atoms with Crippen LogP contribution in [0.5, 0.6) is 6.01 Å². The molecule has 2 fully saturated rings. The predicted octanol–water partition coefficient (Wildman–Crippen LogP) is 5.83. The third-order valence-electron chi connectivity index (χ3n) is 7.23. The van der Waals surface area contributed by atoms with Gasteiger partial charge in [0.25, 0.3) is 0 Å². The highest BCUT2D eigenvalue weighted by molar-refractivity contribution is 5.93. The van der Waals surface area contributed by atoms with Crippen LogP contribution in [-0.4, -0.2) is 69.5 Å². The van der Waals surface area contributed by atoms with E-state index >= 15 is 4.39 Å². The zero-order valence-corrected chi connectivity index (χ0v) is 24.1. The fraction of sp³-hybridized carbons (Fsp3) is 0.464. The number of nitriles is 1. The van der Waals surface area contributed by atoms with Crippen LogP contribution in [-0.2, 0) is 10.9 Å². The molecule has 0 saturated carbocycles. The number of alkyl halides is 6. The van der Waals surface area contributed by atoms with Crippen molar-refractivity contribution in [3.8, 4) is 23.3 Å². The maximum absolute atomic E-state index is 16.2. The Morgan fingerprint density at radius 2 is 1.73 bits per heavy atom. The summed E-state index contributed by atoms with van der Waals surface area (Å²) in [6, 6.07) is 1.28. The molecule has 5 rings (SSSR count). The Labute approximate surface area is 251 Å². The molecule has 2 N–H and O–H groups in total. The van der Waals surface area contributed by atoms with Crippen LogP contribution >= 0.6 is 0 Å². The van der Waals surface area contributed by atoms with Crippen LogP contribution in [0.3, 0.4) is 0 Å². The molecular formula is C28H26F7N7O3. The molecule has 2 aliphatic rings. The topological polar surface area (TPSA) is 130 Å². The molecule has 4 heterocycles. The second kappa shape index (κ2) is 11.1. The van der Waals surface area contributed by atoms with Crippen molar-refractivity contribution in [3.63, 3.8) is 0 Å². The zero-order valence-electron chi connectivity index (χ0n) is 24.1. The molecule has 0 unspecified atom stereocenters. The summed E-state index contributed by atoms with van der Waals surface area (Å²) in [6.45, 7) is 3.65. The van der Waals surface area contributed by atoms with Crippen LogP contribution in [0.4, 0.5) is 47.0 Å². The number of pyridine rings is 1. The fourth-order valence-electron chi connectivity index (χ4n) is 5.55. The first kappa shape index (κ1) is 31.8. The number of nitrogens with two attached hydrogens (primary N) is 1. The first-order valence-electron chi connectivity index (χ1n) is 13.6. The van der Waals surface area contributed by atoms with Crippen molar-refractivity contribution in [2.45, 2.75) is 63.7 Å². The second-order valence-corrected chi connectivity index (χ2v) is 11.7. The molecule has 2 aliphatic heterocycles. The van der Waals surface area contributed by atoms with Crippen LogP contribution in [0.1, 0.15) is 44.7 Å². The number of hydrogen-bond donors (Lipinski definition) is 1. The van der Waals surface area contributed by atoms with E-state index in [9.17, 15) is 36.4 Å². The maximum atomic E-state index is 16.2. The number of halogens is 7. The van der Waals surface area contributed by atoms with Crippen LogP contribution in [0.15, 0.2) is 18.3 Å². The highest BCUT2D eigenvalue weighted by Gasteiger charge is 2.45. The molecule has 240 valence electrons. The van der Waals surface area contributed by atoms with Gasteiger partial charge in [0.2, 0.25) is 0 Å². The third kappa shape index (κ3) is 6.45. The number of carbonyl (C=O) groups is 1.